The molecule has 4 aliphatic rings. The van der Waals surface area contributed by atoms with E-state index in [0.717, 1.165) is 11.4 Å². The highest BCUT2D eigenvalue weighted by atomic mass is 15.1. The van der Waals surface area contributed by atoms with Gasteiger partial charge in [0.15, 0.2) is 0 Å². The van der Waals surface area contributed by atoms with Gasteiger partial charge < -0.3 is 4.90 Å². The SMILES string of the molecule is Cc1ccc2c(c1)C1(C3=C2C=CC#CC3)c2ccccc2-c2cccc(N(c3cccc(-c4ccccc4)c3)c3ccc4c(c3)C(C)(C)c3ccccc3-4)c21. The highest BCUT2D eigenvalue weighted by Gasteiger charge is 2.54. The van der Waals surface area contributed by atoms with E-state index in [4.69, 9.17) is 0 Å². The summed E-state index contributed by atoms with van der Waals surface area (Å²) in [6, 6.07) is 59.1. The van der Waals surface area contributed by atoms with Gasteiger partial charge in [-0.25, -0.2) is 0 Å². The average molecular weight is 702 g/mol. The molecule has 0 radical (unpaired) electrons. The molecule has 260 valence electrons. The largest absolute Gasteiger partial charge is 0.310 e. The van der Waals surface area contributed by atoms with Crippen LogP contribution in [-0.4, -0.2) is 0 Å². The zero-order valence-electron chi connectivity index (χ0n) is 31.3. The van der Waals surface area contributed by atoms with Gasteiger partial charge in [0.2, 0.25) is 0 Å². The number of hydrogen-bond donors (Lipinski definition) is 0. The van der Waals surface area contributed by atoms with E-state index in [2.05, 4.69) is 201 Å². The van der Waals surface area contributed by atoms with Gasteiger partial charge in [0.1, 0.15) is 0 Å². The van der Waals surface area contributed by atoms with E-state index in [9.17, 15) is 0 Å². The van der Waals surface area contributed by atoms with Crippen molar-refractivity contribution in [1.29, 1.82) is 0 Å². The zero-order valence-corrected chi connectivity index (χ0v) is 31.3. The maximum atomic E-state index is 3.56. The summed E-state index contributed by atoms with van der Waals surface area (Å²) < 4.78 is 0. The first-order chi connectivity index (χ1) is 27.0. The summed E-state index contributed by atoms with van der Waals surface area (Å²) in [5.74, 6) is 6.90. The Labute approximate surface area is 324 Å². The van der Waals surface area contributed by atoms with Crippen LogP contribution in [0.2, 0.25) is 0 Å². The van der Waals surface area contributed by atoms with Crippen molar-refractivity contribution in [3.63, 3.8) is 0 Å². The van der Waals surface area contributed by atoms with Crippen LogP contribution in [0.3, 0.4) is 0 Å². The van der Waals surface area contributed by atoms with Crippen LogP contribution < -0.4 is 4.90 Å². The van der Waals surface area contributed by atoms with Crippen LogP contribution in [0.4, 0.5) is 17.1 Å². The summed E-state index contributed by atoms with van der Waals surface area (Å²) in [7, 11) is 0. The molecule has 0 aromatic heterocycles. The first-order valence-corrected chi connectivity index (χ1v) is 19.4. The lowest BCUT2D eigenvalue weighted by molar-refractivity contribution is 0.660. The third kappa shape index (κ3) is 4.37. The van der Waals surface area contributed by atoms with Gasteiger partial charge in [-0.2, -0.15) is 0 Å². The summed E-state index contributed by atoms with van der Waals surface area (Å²) in [5, 5.41) is 0. The molecule has 0 saturated carbocycles. The summed E-state index contributed by atoms with van der Waals surface area (Å²) in [5.41, 5.74) is 22.5. The molecule has 1 spiro atoms. The molecule has 0 fully saturated rings. The van der Waals surface area contributed by atoms with Crippen LogP contribution in [-0.2, 0) is 10.8 Å². The Morgan fingerprint density at radius 3 is 2.05 bits per heavy atom. The molecular formula is C54H39N. The number of fused-ring (bicyclic) bond motifs is 12. The molecule has 55 heavy (non-hydrogen) atoms. The monoisotopic (exact) mass is 701 g/mol. The van der Waals surface area contributed by atoms with Crippen molar-refractivity contribution < 1.29 is 0 Å². The van der Waals surface area contributed by atoms with E-state index >= 15 is 0 Å². The Morgan fingerprint density at radius 2 is 1.20 bits per heavy atom. The Balaban J connectivity index is 1.24. The van der Waals surface area contributed by atoms with Crippen LogP contribution in [0.15, 0.2) is 175 Å². The van der Waals surface area contributed by atoms with Crippen molar-refractivity contribution in [2.45, 2.75) is 38.0 Å². The van der Waals surface area contributed by atoms with E-state index in [1.807, 2.05) is 6.08 Å². The lowest BCUT2D eigenvalue weighted by Gasteiger charge is -2.37. The van der Waals surface area contributed by atoms with Crippen LogP contribution in [0.25, 0.3) is 39.0 Å². The van der Waals surface area contributed by atoms with Crippen LogP contribution >= 0.6 is 0 Å². The number of aryl methyl sites for hydroxylation is 1. The van der Waals surface area contributed by atoms with Crippen LogP contribution in [0.5, 0.6) is 0 Å². The molecule has 0 amide bonds. The van der Waals surface area contributed by atoms with Crippen molar-refractivity contribution in [3.05, 3.63) is 214 Å². The predicted molar refractivity (Wildman–Crippen MR) is 229 cm³/mol. The average Bonchev–Trinajstić information content (AvgIpc) is 3.64. The van der Waals surface area contributed by atoms with Gasteiger partial charge in [0.05, 0.1) is 11.1 Å². The summed E-state index contributed by atoms with van der Waals surface area (Å²) >= 11 is 0. The van der Waals surface area contributed by atoms with Gasteiger partial charge in [0.25, 0.3) is 0 Å². The molecule has 4 aliphatic carbocycles. The second kappa shape index (κ2) is 11.7. The number of allylic oxidation sites excluding steroid dienone is 4. The maximum Gasteiger partial charge on any atom is 0.0718 e. The minimum atomic E-state index is -0.510. The van der Waals surface area contributed by atoms with Crippen molar-refractivity contribution in [1.82, 2.24) is 0 Å². The standard InChI is InChI=1S/C54H39N/c1-35-28-30-44-41-20-8-5-9-25-47(41)54(50(44)32-35)48-26-13-11-22-42(48)45-23-15-27-51(52(45)54)55(38-19-14-18-37(33-38)36-16-6-4-7-17-36)39-29-31-43-40-21-10-12-24-46(40)53(2,3)49(43)34-39/h4,6-8,10-24,26-34H,25H2,1-3H3. The molecule has 1 heteroatoms. The van der Waals surface area contributed by atoms with Crippen molar-refractivity contribution in [2.24, 2.45) is 0 Å². The molecule has 0 N–H and O–H groups in total. The zero-order chi connectivity index (χ0) is 36.9. The quantitative estimate of drug-likeness (QED) is 0.165. The number of rotatable bonds is 4. The highest BCUT2D eigenvalue weighted by Crippen LogP contribution is 2.65. The van der Waals surface area contributed by atoms with E-state index in [1.54, 1.807) is 0 Å². The molecule has 0 bridgehead atoms. The molecule has 1 nitrogen and oxygen atoms in total. The Kier molecular flexibility index (Phi) is 6.77. The molecule has 1 unspecified atom stereocenters. The lowest BCUT2D eigenvalue weighted by atomic mass is 9.68. The first-order valence-electron chi connectivity index (χ1n) is 19.4. The molecule has 7 aromatic rings. The number of anilines is 3. The fraction of sp³-hybridized carbons (Fsp3) is 0.111. The summed E-state index contributed by atoms with van der Waals surface area (Å²) in [6.07, 6.45) is 5.01. The molecule has 7 aromatic carbocycles. The topological polar surface area (TPSA) is 3.24 Å². The van der Waals surface area contributed by atoms with Crippen molar-refractivity contribution >= 4 is 22.6 Å². The smallest absolute Gasteiger partial charge is 0.0718 e. The summed E-state index contributed by atoms with van der Waals surface area (Å²) in [4.78, 5) is 2.55. The van der Waals surface area contributed by atoms with Gasteiger partial charge in [0, 0.05) is 28.8 Å². The Bertz CT molecular complexity index is 2890. The summed E-state index contributed by atoms with van der Waals surface area (Å²) in [6.45, 7) is 6.98. The molecule has 0 aliphatic heterocycles. The van der Waals surface area contributed by atoms with Gasteiger partial charge >= 0.3 is 0 Å². The maximum absolute atomic E-state index is 3.56. The molecule has 0 saturated heterocycles. The number of nitrogens with zero attached hydrogens (tertiary/aromatic N) is 1. The Hall–Kier alpha value is -6.62. The van der Waals surface area contributed by atoms with E-state index in [1.165, 1.54) is 89.2 Å². The normalized spacial score (nSPS) is 17.4. The number of benzene rings is 7. The Morgan fingerprint density at radius 1 is 0.527 bits per heavy atom. The second-order valence-electron chi connectivity index (χ2n) is 15.9. The highest BCUT2D eigenvalue weighted by molar-refractivity contribution is 6.01. The number of hydrogen-bond acceptors (Lipinski definition) is 1. The van der Waals surface area contributed by atoms with Gasteiger partial charge in [-0.1, -0.05) is 159 Å². The van der Waals surface area contributed by atoms with Gasteiger partial charge in [-0.05, 0) is 122 Å². The van der Waals surface area contributed by atoms with Gasteiger partial charge in [-0.3, -0.25) is 0 Å². The fourth-order valence-electron chi connectivity index (χ4n) is 10.3. The van der Waals surface area contributed by atoms with Crippen molar-refractivity contribution in [2.75, 3.05) is 4.90 Å². The van der Waals surface area contributed by atoms with Crippen LogP contribution in [0.1, 0.15) is 59.2 Å². The third-order valence-corrected chi connectivity index (χ3v) is 12.7. The van der Waals surface area contributed by atoms with Crippen LogP contribution in [0, 0.1) is 18.8 Å². The minimum Gasteiger partial charge on any atom is -0.310 e. The lowest BCUT2D eigenvalue weighted by Crippen LogP contribution is -2.29. The van der Waals surface area contributed by atoms with E-state index in [-0.39, 0.29) is 5.41 Å². The predicted octanol–water partition coefficient (Wildman–Crippen LogP) is 13.5. The fourth-order valence-corrected chi connectivity index (χ4v) is 10.3. The molecule has 1 atom stereocenters. The minimum absolute atomic E-state index is 0.136. The molecule has 11 rings (SSSR count). The molecular weight excluding hydrogens is 663 g/mol. The van der Waals surface area contributed by atoms with Gasteiger partial charge in [-0.15, -0.1) is 0 Å². The van der Waals surface area contributed by atoms with Crippen molar-refractivity contribution in [3.8, 4) is 45.2 Å². The first kappa shape index (κ1) is 31.9. The molecule has 0 heterocycles. The van der Waals surface area contributed by atoms with E-state index in [0.29, 0.717) is 6.42 Å². The second-order valence-corrected chi connectivity index (χ2v) is 15.9. The third-order valence-electron chi connectivity index (χ3n) is 12.7. The van der Waals surface area contributed by atoms with E-state index < -0.39 is 5.41 Å².